The fourth-order valence-electron chi connectivity index (χ4n) is 1.76. The fraction of sp³-hybridized carbons (Fsp3) is 0.462. The minimum Gasteiger partial charge on any atom is -0.493 e. The molecule has 0 amide bonds. The van der Waals surface area contributed by atoms with E-state index in [2.05, 4.69) is 10.3 Å². The van der Waals surface area contributed by atoms with Gasteiger partial charge in [-0.2, -0.15) is 0 Å². The van der Waals surface area contributed by atoms with Crippen LogP contribution in [0.2, 0.25) is 0 Å². The Balaban J connectivity index is 2.89. The molecule has 1 aromatic carbocycles. The zero-order chi connectivity index (χ0) is 14.3. The topological polar surface area (TPSA) is 78.1 Å². The molecule has 6 nitrogen and oxygen atoms in total. The van der Waals surface area contributed by atoms with Gasteiger partial charge in [0.05, 0.1) is 21.3 Å². The quantitative estimate of drug-likeness (QED) is 0.588. The molecule has 19 heavy (non-hydrogen) atoms. The number of hydrogen-bond acceptors (Lipinski definition) is 4. The van der Waals surface area contributed by atoms with E-state index >= 15 is 0 Å². The van der Waals surface area contributed by atoms with Crippen LogP contribution in [0.3, 0.4) is 0 Å². The van der Waals surface area contributed by atoms with Crippen LogP contribution in [0.15, 0.2) is 17.1 Å². The predicted molar refractivity (Wildman–Crippen MR) is 75.4 cm³/mol. The third-order valence-corrected chi connectivity index (χ3v) is 2.73. The van der Waals surface area contributed by atoms with Gasteiger partial charge < -0.3 is 25.3 Å². The van der Waals surface area contributed by atoms with Crippen molar-refractivity contribution in [3.8, 4) is 17.2 Å². The first-order valence-electron chi connectivity index (χ1n) is 5.91. The van der Waals surface area contributed by atoms with E-state index in [4.69, 9.17) is 19.9 Å². The Kier molecular flexibility index (Phi) is 5.78. The number of guanidine groups is 1. The molecule has 1 rings (SSSR count). The molecule has 0 saturated heterocycles. The molecular formula is C13H21N3O3. The number of ether oxygens (including phenoxy) is 3. The highest BCUT2D eigenvalue weighted by Gasteiger charge is 2.15. The van der Waals surface area contributed by atoms with Crippen LogP contribution in [0.5, 0.6) is 17.2 Å². The largest absolute Gasteiger partial charge is 0.493 e. The summed E-state index contributed by atoms with van der Waals surface area (Å²) in [7, 11) is 6.43. The van der Waals surface area contributed by atoms with Gasteiger partial charge in [-0.05, 0) is 12.5 Å². The lowest BCUT2D eigenvalue weighted by Crippen LogP contribution is -2.32. The summed E-state index contributed by atoms with van der Waals surface area (Å²) in [6.45, 7) is 0.662. The Bertz CT molecular complexity index is 447. The van der Waals surface area contributed by atoms with Crippen molar-refractivity contribution in [2.45, 2.75) is 6.42 Å². The van der Waals surface area contributed by atoms with Crippen molar-refractivity contribution in [1.82, 2.24) is 5.32 Å². The monoisotopic (exact) mass is 267 g/mol. The molecule has 0 aliphatic heterocycles. The van der Waals surface area contributed by atoms with E-state index in [1.165, 1.54) is 0 Å². The Labute approximate surface area is 113 Å². The van der Waals surface area contributed by atoms with Gasteiger partial charge in [0.2, 0.25) is 5.75 Å². The number of methoxy groups -OCH3 is 3. The molecule has 1 aromatic rings. The highest BCUT2D eigenvalue weighted by Crippen LogP contribution is 2.39. The molecule has 6 heteroatoms. The van der Waals surface area contributed by atoms with Crippen LogP contribution in [0.4, 0.5) is 0 Å². The van der Waals surface area contributed by atoms with Crippen molar-refractivity contribution < 1.29 is 14.2 Å². The highest BCUT2D eigenvalue weighted by atomic mass is 16.5. The van der Waals surface area contributed by atoms with Crippen LogP contribution in [0, 0.1) is 0 Å². The van der Waals surface area contributed by atoms with Crippen LogP contribution in [-0.2, 0) is 6.42 Å². The molecule has 0 radical (unpaired) electrons. The smallest absolute Gasteiger partial charge is 0.203 e. The maximum absolute atomic E-state index is 5.57. The molecule has 0 heterocycles. The number of nitrogens with one attached hydrogen (secondary N) is 1. The summed E-state index contributed by atoms with van der Waals surface area (Å²) >= 11 is 0. The second-order valence-electron chi connectivity index (χ2n) is 3.78. The fourth-order valence-corrected chi connectivity index (χ4v) is 1.76. The molecule has 0 bridgehead atoms. The summed E-state index contributed by atoms with van der Waals surface area (Å²) in [5.74, 6) is 2.33. The molecule has 0 aromatic heterocycles. The molecule has 3 N–H and O–H groups in total. The van der Waals surface area contributed by atoms with Crippen molar-refractivity contribution in [3.63, 3.8) is 0 Å². The zero-order valence-corrected chi connectivity index (χ0v) is 11.8. The molecule has 0 aliphatic carbocycles. The SMILES string of the molecule is CN=C(N)NCCc1ccc(OC)c(OC)c1OC. The zero-order valence-electron chi connectivity index (χ0n) is 11.8. The number of nitrogens with two attached hydrogens (primary N) is 1. The van der Waals surface area contributed by atoms with Gasteiger partial charge in [-0.25, -0.2) is 0 Å². The van der Waals surface area contributed by atoms with Crippen molar-refractivity contribution in [3.05, 3.63) is 17.7 Å². The minimum absolute atomic E-state index is 0.416. The maximum Gasteiger partial charge on any atom is 0.203 e. The summed E-state index contributed by atoms with van der Waals surface area (Å²) in [4.78, 5) is 3.83. The number of nitrogens with zero attached hydrogens (tertiary/aromatic N) is 1. The average Bonchev–Trinajstić information content (AvgIpc) is 2.45. The number of benzene rings is 1. The van der Waals surface area contributed by atoms with Crippen molar-refractivity contribution >= 4 is 5.96 Å². The van der Waals surface area contributed by atoms with Crippen LogP contribution >= 0.6 is 0 Å². The van der Waals surface area contributed by atoms with E-state index in [-0.39, 0.29) is 0 Å². The summed E-state index contributed by atoms with van der Waals surface area (Å²) in [6.07, 6.45) is 0.736. The van der Waals surface area contributed by atoms with Gasteiger partial charge in [-0.3, -0.25) is 4.99 Å². The first kappa shape index (κ1) is 14.9. The minimum atomic E-state index is 0.416. The molecule has 0 unspecified atom stereocenters. The lowest BCUT2D eigenvalue weighted by Gasteiger charge is -2.15. The molecule has 0 fully saturated rings. The second kappa shape index (κ2) is 7.35. The standard InChI is InChI=1S/C13H21N3O3/c1-15-13(14)16-8-7-9-5-6-10(17-2)12(19-4)11(9)18-3/h5-6H,7-8H2,1-4H3,(H3,14,15,16). The van der Waals surface area contributed by atoms with Gasteiger partial charge in [0, 0.05) is 19.2 Å². The van der Waals surface area contributed by atoms with E-state index in [0.717, 1.165) is 12.0 Å². The summed E-state index contributed by atoms with van der Waals surface area (Å²) < 4.78 is 16.0. The van der Waals surface area contributed by atoms with Gasteiger partial charge in [0.15, 0.2) is 17.5 Å². The van der Waals surface area contributed by atoms with Crippen molar-refractivity contribution in [1.29, 1.82) is 0 Å². The molecular weight excluding hydrogens is 246 g/mol. The Hall–Kier alpha value is -2.11. The van der Waals surface area contributed by atoms with Crippen LogP contribution in [0.25, 0.3) is 0 Å². The lowest BCUT2D eigenvalue weighted by molar-refractivity contribution is 0.322. The van der Waals surface area contributed by atoms with Gasteiger partial charge >= 0.3 is 0 Å². The van der Waals surface area contributed by atoms with Gasteiger partial charge in [0.1, 0.15) is 0 Å². The third kappa shape index (κ3) is 3.67. The van der Waals surface area contributed by atoms with Gasteiger partial charge in [0.25, 0.3) is 0 Å². The van der Waals surface area contributed by atoms with E-state index < -0.39 is 0 Å². The van der Waals surface area contributed by atoms with E-state index in [0.29, 0.717) is 29.8 Å². The normalized spacial score (nSPS) is 11.1. The summed E-state index contributed by atoms with van der Waals surface area (Å²) in [5.41, 5.74) is 6.58. The summed E-state index contributed by atoms with van der Waals surface area (Å²) in [5, 5.41) is 3.00. The molecule has 0 saturated carbocycles. The maximum atomic E-state index is 5.57. The summed E-state index contributed by atoms with van der Waals surface area (Å²) in [6, 6.07) is 3.80. The number of aliphatic imine (C=N–C) groups is 1. The van der Waals surface area contributed by atoms with Crippen LogP contribution in [-0.4, -0.2) is 40.9 Å². The first-order valence-corrected chi connectivity index (χ1v) is 5.91. The molecule has 106 valence electrons. The number of rotatable bonds is 6. The predicted octanol–water partition coefficient (Wildman–Crippen LogP) is 0.789. The third-order valence-electron chi connectivity index (χ3n) is 2.73. The molecule has 0 aliphatic rings. The van der Waals surface area contributed by atoms with Crippen molar-refractivity contribution in [2.75, 3.05) is 34.9 Å². The Morgan fingerprint density at radius 3 is 2.37 bits per heavy atom. The van der Waals surface area contributed by atoms with Gasteiger partial charge in [-0.1, -0.05) is 6.07 Å². The van der Waals surface area contributed by atoms with E-state index in [1.54, 1.807) is 28.4 Å². The Morgan fingerprint density at radius 1 is 1.16 bits per heavy atom. The first-order chi connectivity index (χ1) is 9.17. The van der Waals surface area contributed by atoms with E-state index in [9.17, 15) is 0 Å². The van der Waals surface area contributed by atoms with Gasteiger partial charge in [-0.15, -0.1) is 0 Å². The lowest BCUT2D eigenvalue weighted by atomic mass is 10.1. The van der Waals surface area contributed by atoms with Crippen molar-refractivity contribution in [2.24, 2.45) is 10.7 Å². The average molecular weight is 267 g/mol. The van der Waals surface area contributed by atoms with Crippen LogP contribution < -0.4 is 25.3 Å². The molecule has 0 spiro atoms. The number of hydrogen-bond donors (Lipinski definition) is 2. The molecule has 0 atom stereocenters. The highest BCUT2D eigenvalue weighted by molar-refractivity contribution is 5.77. The van der Waals surface area contributed by atoms with E-state index in [1.807, 2.05) is 12.1 Å². The second-order valence-corrected chi connectivity index (χ2v) is 3.78. The van der Waals surface area contributed by atoms with Crippen LogP contribution in [0.1, 0.15) is 5.56 Å². The Morgan fingerprint density at radius 2 is 1.84 bits per heavy atom.